The molecule has 1 aromatic heterocycles. The molecule has 132 valence electrons. The molecule has 0 aliphatic heterocycles. The number of primary amides is 1. The van der Waals surface area contributed by atoms with Crippen LogP contribution in [0.2, 0.25) is 0 Å². The van der Waals surface area contributed by atoms with Gasteiger partial charge in [0.1, 0.15) is 5.75 Å². The molecule has 0 aliphatic rings. The highest BCUT2D eigenvalue weighted by atomic mass is 16.6. The Balaban J connectivity index is 1.55. The third-order valence-corrected chi connectivity index (χ3v) is 3.30. The van der Waals surface area contributed by atoms with E-state index in [9.17, 15) is 9.59 Å². The van der Waals surface area contributed by atoms with Gasteiger partial charge in [0.2, 0.25) is 5.82 Å². The summed E-state index contributed by atoms with van der Waals surface area (Å²) in [5.74, 6) is -0.0928. The van der Waals surface area contributed by atoms with E-state index < -0.39 is 11.9 Å². The molecule has 1 heterocycles. The Labute approximate surface area is 148 Å². The maximum atomic E-state index is 12.0. The summed E-state index contributed by atoms with van der Waals surface area (Å²) in [4.78, 5) is 26.9. The molecule has 0 aliphatic carbocycles. The highest BCUT2D eigenvalue weighted by Crippen LogP contribution is 2.16. The van der Waals surface area contributed by atoms with Crippen molar-refractivity contribution in [1.82, 2.24) is 10.1 Å². The van der Waals surface area contributed by atoms with Crippen LogP contribution in [0.25, 0.3) is 11.4 Å². The predicted octanol–water partition coefficient (Wildman–Crippen LogP) is 1.96. The van der Waals surface area contributed by atoms with Crippen molar-refractivity contribution in [2.75, 3.05) is 6.61 Å². The zero-order chi connectivity index (χ0) is 18.4. The normalized spacial score (nSPS) is 10.3. The van der Waals surface area contributed by atoms with Crippen LogP contribution in [-0.2, 0) is 16.1 Å². The van der Waals surface area contributed by atoms with Crippen molar-refractivity contribution < 1.29 is 23.6 Å². The van der Waals surface area contributed by atoms with Gasteiger partial charge in [0.15, 0.2) is 13.2 Å². The molecule has 0 saturated carbocycles. The third-order valence-electron chi connectivity index (χ3n) is 3.30. The van der Waals surface area contributed by atoms with Gasteiger partial charge in [0.25, 0.3) is 11.8 Å². The summed E-state index contributed by atoms with van der Waals surface area (Å²) < 4.78 is 15.3. The van der Waals surface area contributed by atoms with E-state index in [0.717, 1.165) is 5.56 Å². The summed E-state index contributed by atoms with van der Waals surface area (Å²) in [7, 11) is 0. The summed E-state index contributed by atoms with van der Waals surface area (Å²) in [5, 5.41) is 3.85. The first kappa shape index (κ1) is 17.2. The van der Waals surface area contributed by atoms with Crippen LogP contribution in [0.15, 0.2) is 59.1 Å². The molecule has 26 heavy (non-hydrogen) atoms. The number of rotatable bonds is 7. The first-order valence-electron chi connectivity index (χ1n) is 7.68. The van der Waals surface area contributed by atoms with Gasteiger partial charge in [-0.05, 0) is 24.3 Å². The molecule has 8 nitrogen and oxygen atoms in total. The molecular formula is C18H15N3O5. The van der Waals surface area contributed by atoms with Crippen LogP contribution in [0, 0.1) is 0 Å². The molecule has 0 bridgehead atoms. The zero-order valence-corrected chi connectivity index (χ0v) is 13.6. The summed E-state index contributed by atoms with van der Waals surface area (Å²) in [6, 6.07) is 15.4. The van der Waals surface area contributed by atoms with Crippen LogP contribution < -0.4 is 10.5 Å². The molecule has 0 fully saturated rings. The van der Waals surface area contributed by atoms with E-state index in [4.69, 9.17) is 19.7 Å². The lowest BCUT2D eigenvalue weighted by Gasteiger charge is -2.05. The number of esters is 1. The lowest BCUT2D eigenvalue weighted by atomic mass is 10.2. The number of nitrogens with two attached hydrogens (primary N) is 1. The second-order valence-corrected chi connectivity index (χ2v) is 5.23. The van der Waals surface area contributed by atoms with Gasteiger partial charge in [-0.3, -0.25) is 4.79 Å². The minimum atomic E-state index is -0.581. The van der Waals surface area contributed by atoms with E-state index in [-0.39, 0.29) is 19.1 Å². The van der Waals surface area contributed by atoms with Crippen LogP contribution in [-0.4, -0.2) is 28.6 Å². The molecule has 0 atom stereocenters. The molecule has 0 radical (unpaired) electrons. The average Bonchev–Trinajstić information content (AvgIpc) is 3.14. The maximum Gasteiger partial charge on any atom is 0.338 e. The van der Waals surface area contributed by atoms with E-state index in [1.54, 1.807) is 12.1 Å². The molecule has 3 rings (SSSR count). The molecule has 0 spiro atoms. The number of carbonyl (C=O) groups excluding carboxylic acids is 2. The molecule has 2 N–H and O–H groups in total. The Kier molecular flexibility index (Phi) is 5.23. The number of hydrogen-bond donors (Lipinski definition) is 1. The van der Waals surface area contributed by atoms with Crippen LogP contribution in [0.4, 0.5) is 0 Å². The van der Waals surface area contributed by atoms with E-state index in [1.165, 1.54) is 12.1 Å². The summed E-state index contributed by atoms with van der Waals surface area (Å²) in [5.41, 5.74) is 6.12. The Morgan fingerprint density at radius 2 is 1.77 bits per heavy atom. The van der Waals surface area contributed by atoms with Crippen molar-refractivity contribution in [2.24, 2.45) is 5.73 Å². The first-order valence-corrected chi connectivity index (χ1v) is 7.68. The van der Waals surface area contributed by atoms with Crippen molar-refractivity contribution in [3.05, 3.63) is 66.1 Å². The Bertz CT molecular complexity index is 891. The quantitative estimate of drug-likeness (QED) is 0.645. The Morgan fingerprint density at radius 3 is 2.46 bits per heavy atom. The topological polar surface area (TPSA) is 118 Å². The van der Waals surface area contributed by atoms with E-state index in [0.29, 0.717) is 17.1 Å². The maximum absolute atomic E-state index is 12.0. The molecule has 0 unspecified atom stereocenters. The fourth-order valence-electron chi connectivity index (χ4n) is 2.07. The molecule has 2 aromatic carbocycles. The highest BCUT2D eigenvalue weighted by molar-refractivity contribution is 5.89. The zero-order valence-electron chi connectivity index (χ0n) is 13.6. The number of nitrogens with zero attached hydrogens (tertiary/aromatic N) is 2. The number of aromatic nitrogens is 2. The van der Waals surface area contributed by atoms with Crippen LogP contribution in [0.3, 0.4) is 0 Å². The summed E-state index contributed by atoms with van der Waals surface area (Å²) in [6.45, 7) is -0.372. The van der Waals surface area contributed by atoms with Gasteiger partial charge in [0, 0.05) is 5.56 Å². The second-order valence-electron chi connectivity index (χ2n) is 5.23. The van der Waals surface area contributed by atoms with Crippen LogP contribution >= 0.6 is 0 Å². The molecular weight excluding hydrogens is 338 g/mol. The van der Waals surface area contributed by atoms with Crippen molar-refractivity contribution in [1.29, 1.82) is 0 Å². The van der Waals surface area contributed by atoms with E-state index >= 15 is 0 Å². The average molecular weight is 353 g/mol. The van der Waals surface area contributed by atoms with Gasteiger partial charge in [0.05, 0.1) is 5.56 Å². The fourth-order valence-corrected chi connectivity index (χ4v) is 2.07. The molecule has 1 amide bonds. The minimum Gasteiger partial charge on any atom is -0.484 e. The Morgan fingerprint density at radius 1 is 1.04 bits per heavy atom. The predicted molar refractivity (Wildman–Crippen MR) is 90.0 cm³/mol. The number of hydrogen-bond acceptors (Lipinski definition) is 7. The monoisotopic (exact) mass is 353 g/mol. The number of amides is 1. The second kappa shape index (κ2) is 7.93. The van der Waals surface area contributed by atoms with E-state index in [2.05, 4.69) is 10.1 Å². The fraction of sp³-hybridized carbons (Fsp3) is 0.111. The molecule has 3 aromatic rings. The van der Waals surface area contributed by atoms with Gasteiger partial charge in [-0.15, -0.1) is 0 Å². The summed E-state index contributed by atoms with van der Waals surface area (Å²) in [6.07, 6.45) is 0. The lowest BCUT2D eigenvalue weighted by molar-refractivity contribution is -0.119. The molecule has 8 heteroatoms. The van der Waals surface area contributed by atoms with Gasteiger partial charge < -0.3 is 19.7 Å². The van der Waals surface area contributed by atoms with Crippen molar-refractivity contribution in [2.45, 2.75) is 6.61 Å². The van der Waals surface area contributed by atoms with Gasteiger partial charge in [-0.25, -0.2) is 4.79 Å². The third kappa shape index (κ3) is 4.44. The van der Waals surface area contributed by atoms with Crippen molar-refractivity contribution in [3.63, 3.8) is 0 Å². The lowest BCUT2D eigenvalue weighted by Crippen LogP contribution is -2.20. The Hall–Kier alpha value is -3.68. The first-order chi connectivity index (χ1) is 12.6. The number of ether oxygens (including phenoxy) is 2. The number of benzene rings is 2. The summed E-state index contributed by atoms with van der Waals surface area (Å²) >= 11 is 0. The molecule has 0 saturated heterocycles. The van der Waals surface area contributed by atoms with Crippen molar-refractivity contribution in [3.8, 4) is 17.1 Å². The van der Waals surface area contributed by atoms with Gasteiger partial charge >= 0.3 is 5.97 Å². The number of carbonyl (C=O) groups is 2. The minimum absolute atomic E-state index is 0.140. The van der Waals surface area contributed by atoms with Crippen molar-refractivity contribution >= 4 is 11.9 Å². The van der Waals surface area contributed by atoms with Gasteiger partial charge in [-0.1, -0.05) is 35.5 Å². The standard InChI is InChI=1S/C18H15N3O5/c19-15(22)10-24-14-8-6-13(7-9-14)18(23)25-11-16-20-17(21-26-16)12-4-2-1-3-5-12/h1-9H,10-11H2,(H2,19,22). The largest absolute Gasteiger partial charge is 0.484 e. The van der Waals surface area contributed by atoms with Crippen LogP contribution in [0.1, 0.15) is 16.2 Å². The van der Waals surface area contributed by atoms with Crippen LogP contribution in [0.5, 0.6) is 5.75 Å². The smallest absolute Gasteiger partial charge is 0.338 e. The van der Waals surface area contributed by atoms with E-state index in [1.807, 2.05) is 30.3 Å². The van der Waals surface area contributed by atoms with Gasteiger partial charge in [-0.2, -0.15) is 4.98 Å². The highest BCUT2D eigenvalue weighted by Gasteiger charge is 2.12. The SMILES string of the molecule is NC(=O)COc1ccc(C(=O)OCc2nc(-c3ccccc3)no2)cc1.